The van der Waals surface area contributed by atoms with Gasteiger partial charge in [-0.1, -0.05) is 23.5 Å². The highest BCUT2D eigenvalue weighted by Crippen LogP contribution is 2.36. The third-order valence-corrected chi connectivity index (χ3v) is 4.10. The number of nitrogens with one attached hydrogen (secondary N) is 1. The average Bonchev–Trinajstić information content (AvgIpc) is 2.98. The van der Waals surface area contributed by atoms with E-state index >= 15 is 0 Å². The van der Waals surface area contributed by atoms with Crippen LogP contribution in [0.25, 0.3) is 10.2 Å². The first-order chi connectivity index (χ1) is 11.6. The van der Waals surface area contributed by atoms with Crippen molar-refractivity contribution in [2.24, 2.45) is 5.10 Å². The molecule has 0 atom stereocenters. The summed E-state index contributed by atoms with van der Waals surface area (Å²) in [4.78, 5) is 14.6. The minimum absolute atomic E-state index is 0.00522. The molecule has 3 aromatic rings. The van der Waals surface area contributed by atoms with Crippen molar-refractivity contribution >= 4 is 38.6 Å². The zero-order valence-corrected chi connectivity index (χ0v) is 13.3. The molecule has 122 valence electrons. The van der Waals surface area contributed by atoms with Crippen LogP contribution in [0.2, 0.25) is 0 Å². The van der Waals surface area contributed by atoms with E-state index in [1.54, 1.807) is 0 Å². The minimum Gasteiger partial charge on any atom is -0.500 e. The molecule has 0 aliphatic heterocycles. The predicted octanol–water partition coefficient (Wildman–Crippen LogP) is 3.36. The Bertz CT molecular complexity index is 905. The number of benzene rings is 2. The van der Waals surface area contributed by atoms with Gasteiger partial charge in [0, 0.05) is 11.6 Å². The standard InChI is InChI=1S/C15H12N4O4S/c1-23-12-7-9(6-11(14(12)20)19(21)22)8-16-18-15-17-10-4-2-3-5-13(10)24-15/h2-8,20H,1H3,(H,17,18). The largest absolute Gasteiger partial charge is 0.500 e. The maximum absolute atomic E-state index is 11.0. The number of phenols is 1. The summed E-state index contributed by atoms with van der Waals surface area (Å²) >= 11 is 1.44. The van der Waals surface area contributed by atoms with Gasteiger partial charge < -0.3 is 9.84 Å². The second kappa shape index (κ2) is 6.50. The fourth-order valence-corrected chi connectivity index (χ4v) is 2.88. The summed E-state index contributed by atoms with van der Waals surface area (Å²) in [5.41, 5.74) is 3.61. The van der Waals surface area contributed by atoms with E-state index in [-0.39, 0.29) is 5.75 Å². The molecule has 0 bridgehead atoms. The Kier molecular flexibility index (Phi) is 4.25. The number of hydrogen-bond acceptors (Lipinski definition) is 8. The third kappa shape index (κ3) is 3.10. The van der Waals surface area contributed by atoms with Crippen LogP contribution in [0.4, 0.5) is 10.8 Å². The van der Waals surface area contributed by atoms with Crippen molar-refractivity contribution in [3.8, 4) is 11.5 Å². The van der Waals surface area contributed by atoms with Crippen molar-refractivity contribution < 1.29 is 14.8 Å². The van der Waals surface area contributed by atoms with Gasteiger partial charge in [0.2, 0.25) is 10.9 Å². The van der Waals surface area contributed by atoms with Crippen LogP contribution in [0, 0.1) is 10.1 Å². The first-order valence-electron chi connectivity index (χ1n) is 6.78. The smallest absolute Gasteiger partial charge is 0.315 e. The Morgan fingerprint density at radius 3 is 2.92 bits per heavy atom. The number of hydrazone groups is 1. The fraction of sp³-hybridized carbons (Fsp3) is 0.0667. The average molecular weight is 344 g/mol. The van der Waals surface area contributed by atoms with Crippen LogP contribution in [0.15, 0.2) is 41.5 Å². The molecule has 0 aliphatic carbocycles. The number of methoxy groups -OCH3 is 1. The monoisotopic (exact) mass is 344 g/mol. The first kappa shape index (κ1) is 15.7. The molecule has 2 N–H and O–H groups in total. The Labute approximate surface area is 140 Å². The highest BCUT2D eigenvalue weighted by molar-refractivity contribution is 7.22. The van der Waals surface area contributed by atoms with E-state index in [1.165, 1.54) is 36.8 Å². The molecular formula is C15H12N4O4S. The summed E-state index contributed by atoms with van der Waals surface area (Å²) in [7, 11) is 1.32. The normalized spacial score (nSPS) is 11.0. The van der Waals surface area contributed by atoms with Crippen LogP contribution in [-0.2, 0) is 0 Å². The van der Waals surface area contributed by atoms with Crippen molar-refractivity contribution in [2.75, 3.05) is 12.5 Å². The van der Waals surface area contributed by atoms with E-state index in [2.05, 4.69) is 15.5 Å². The second-order valence-electron chi connectivity index (χ2n) is 4.70. The quantitative estimate of drug-likeness (QED) is 0.417. The van der Waals surface area contributed by atoms with Gasteiger partial charge in [-0.2, -0.15) is 5.10 Å². The minimum atomic E-state index is -0.684. The number of nitrogens with zero attached hydrogens (tertiary/aromatic N) is 3. The van der Waals surface area contributed by atoms with Gasteiger partial charge in [0.05, 0.1) is 28.5 Å². The van der Waals surface area contributed by atoms with Gasteiger partial charge in [0.1, 0.15) is 0 Å². The zero-order valence-electron chi connectivity index (χ0n) is 12.5. The number of phenolic OH excluding ortho intramolecular Hbond substituents is 1. The number of ether oxygens (including phenoxy) is 1. The van der Waals surface area contributed by atoms with E-state index in [9.17, 15) is 15.2 Å². The van der Waals surface area contributed by atoms with Crippen LogP contribution in [0.5, 0.6) is 11.5 Å². The first-order valence-corrected chi connectivity index (χ1v) is 7.60. The Morgan fingerprint density at radius 1 is 1.42 bits per heavy atom. The van der Waals surface area contributed by atoms with E-state index in [0.29, 0.717) is 10.7 Å². The number of hydrogen-bond donors (Lipinski definition) is 2. The molecule has 8 nitrogen and oxygen atoms in total. The molecule has 3 rings (SSSR count). The lowest BCUT2D eigenvalue weighted by molar-refractivity contribution is -0.386. The summed E-state index contributed by atoms with van der Waals surface area (Å²) < 4.78 is 5.96. The van der Waals surface area contributed by atoms with Crippen molar-refractivity contribution in [3.05, 3.63) is 52.1 Å². The summed E-state index contributed by atoms with van der Waals surface area (Å²) in [5, 5.41) is 25.3. The van der Waals surface area contributed by atoms with Gasteiger partial charge >= 0.3 is 5.69 Å². The van der Waals surface area contributed by atoms with Gasteiger partial charge in [-0.15, -0.1) is 0 Å². The molecule has 0 saturated carbocycles. The van der Waals surface area contributed by atoms with Gasteiger partial charge in [-0.3, -0.25) is 15.5 Å². The molecule has 0 spiro atoms. The van der Waals surface area contributed by atoms with Crippen molar-refractivity contribution in [3.63, 3.8) is 0 Å². The van der Waals surface area contributed by atoms with Gasteiger partial charge in [0.15, 0.2) is 5.75 Å². The van der Waals surface area contributed by atoms with Crippen LogP contribution in [0.3, 0.4) is 0 Å². The number of fused-ring (bicyclic) bond motifs is 1. The van der Waals surface area contributed by atoms with Crippen LogP contribution < -0.4 is 10.2 Å². The van der Waals surface area contributed by atoms with Crippen LogP contribution in [0.1, 0.15) is 5.56 Å². The molecule has 0 radical (unpaired) electrons. The van der Waals surface area contributed by atoms with E-state index < -0.39 is 16.4 Å². The fourth-order valence-electron chi connectivity index (χ4n) is 2.07. The molecule has 9 heteroatoms. The predicted molar refractivity (Wildman–Crippen MR) is 92.1 cm³/mol. The summed E-state index contributed by atoms with van der Waals surface area (Å²) in [6, 6.07) is 10.3. The van der Waals surface area contributed by atoms with Crippen molar-refractivity contribution in [1.82, 2.24) is 4.98 Å². The number of para-hydroxylation sites is 1. The Morgan fingerprint density at radius 2 is 2.21 bits per heavy atom. The topological polar surface area (TPSA) is 110 Å². The Balaban J connectivity index is 1.83. The van der Waals surface area contributed by atoms with E-state index in [0.717, 1.165) is 10.2 Å². The number of thiazole rings is 1. The highest BCUT2D eigenvalue weighted by Gasteiger charge is 2.19. The SMILES string of the molecule is COc1cc(C=NNc2nc3ccccc3s2)cc([N+](=O)[O-])c1O. The Hall–Kier alpha value is -3.20. The van der Waals surface area contributed by atoms with Crippen LogP contribution >= 0.6 is 11.3 Å². The number of nitro benzene ring substituents is 1. The summed E-state index contributed by atoms with van der Waals surface area (Å²) in [6.07, 6.45) is 1.39. The van der Waals surface area contributed by atoms with Crippen molar-refractivity contribution in [2.45, 2.75) is 0 Å². The van der Waals surface area contributed by atoms with E-state index in [1.807, 2.05) is 24.3 Å². The molecule has 0 unspecified atom stereocenters. The molecule has 1 heterocycles. The molecule has 24 heavy (non-hydrogen) atoms. The highest BCUT2D eigenvalue weighted by atomic mass is 32.1. The van der Waals surface area contributed by atoms with Crippen LogP contribution in [-0.4, -0.2) is 28.3 Å². The molecule has 0 saturated heterocycles. The number of nitro groups is 1. The van der Waals surface area contributed by atoms with Gasteiger partial charge in [0.25, 0.3) is 0 Å². The number of aromatic nitrogens is 1. The maximum atomic E-state index is 11.0. The molecule has 1 aromatic heterocycles. The molecule has 0 fully saturated rings. The van der Waals surface area contributed by atoms with E-state index in [4.69, 9.17) is 4.74 Å². The van der Waals surface area contributed by atoms with Gasteiger partial charge in [-0.05, 0) is 18.2 Å². The lowest BCUT2D eigenvalue weighted by atomic mass is 10.2. The molecule has 0 amide bonds. The maximum Gasteiger partial charge on any atom is 0.315 e. The lowest BCUT2D eigenvalue weighted by Crippen LogP contribution is -1.96. The summed E-state index contributed by atoms with van der Waals surface area (Å²) in [6.45, 7) is 0. The van der Waals surface area contributed by atoms with Crippen molar-refractivity contribution in [1.29, 1.82) is 0 Å². The number of aromatic hydroxyl groups is 1. The van der Waals surface area contributed by atoms with Gasteiger partial charge in [-0.25, -0.2) is 4.98 Å². The number of anilines is 1. The zero-order chi connectivity index (χ0) is 17.1. The third-order valence-electron chi connectivity index (χ3n) is 3.16. The molecule has 0 aliphatic rings. The molecular weight excluding hydrogens is 332 g/mol. The second-order valence-corrected chi connectivity index (χ2v) is 5.74. The molecule has 2 aromatic carbocycles. The lowest BCUT2D eigenvalue weighted by Gasteiger charge is -2.04. The number of rotatable bonds is 5. The summed E-state index contributed by atoms with van der Waals surface area (Å²) in [5.74, 6) is -0.510.